The van der Waals surface area contributed by atoms with Crippen molar-refractivity contribution in [1.82, 2.24) is 0 Å². The fraction of sp³-hybridized carbons (Fsp3) is 0.364. The summed E-state index contributed by atoms with van der Waals surface area (Å²) in [6.07, 6.45) is 0.279. The van der Waals surface area contributed by atoms with Crippen LogP contribution in [-0.4, -0.2) is 27.2 Å². The molecular weight excluding hydrogens is 336 g/mol. The Labute approximate surface area is 120 Å². The first-order chi connectivity index (χ1) is 8.84. The van der Waals surface area contributed by atoms with Crippen LogP contribution in [-0.2, 0) is 19.6 Å². The topological polar surface area (TPSA) is 98.5 Å². The molecule has 0 aliphatic heterocycles. The van der Waals surface area contributed by atoms with E-state index in [9.17, 15) is 13.2 Å². The van der Waals surface area contributed by atoms with E-state index in [-0.39, 0.29) is 18.6 Å². The lowest BCUT2D eigenvalue weighted by molar-refractivity contribution is -0.140. The predicted molar refractivity (Wildman–Crippen MR) is 77.2 cm³/mol. The van der Waals surface area contributed by atoms with E-state index >= 15 is 0 Å². The summed E-state index contributed by atoms with van der Waals surface area (Å²) in [5.41, 5.74) is 6.54. The summed E-state index contributed by atoms with van der Waals surface area (Å²) in [6, 6.07) is 4.74. The Kier molecular flexibility index (Phi) is 5.61. The number of halogens is 1. The lowest BCUT2D eigenvalue weighted by Gasteiger charge is -2.08. The van der Waals surface area contributed by atoms with Gasteiger partial charge in [-0.2, -0.15) is 0 Å². The van der Waals surface area contributed by atoms with E-state index in [4.69, 9.17) is 5.73 Å². The van der Waals surface area contributed by atoms with Crippen LogP contribution in [0.5, 0.6) is 0 Å². The summed E-state index contributed by atoms with van der Waals surface area (Å²) in [5, 5.41) is 0. The summed E-state index contributed by atoms with van der Waals surface area (Å²) in [6.45, 7) is 0. The highest BCUT2D eigenvalue weighted by Gasteiger charge is 2.12. The van der Waals surface area contributed by atoms with Gasteiger partial charge >= 0.3 is 5.97 Å². The summed E-state index contributed by atoms with van der Waals surface area (Å²) < 4.78 is 31.0. The van der Waals surface area contributed by atoms with Gasteiger partial charge in [0.15, 0.2) is 0 Å². The minimum absolute atomic E-state index is 0.0723. The molecule has 0 aliphatic rings. The number of nitrogens with two attached hydrogens (primary N) is 1. The standard InChI is InChI=1S/C11H15BrN2O4S/c1-18-11(15)3-2-6-19(16,17)14-8-4-5-10(13)9(12)7-8/h4-5,7,14H,2-3,6,13H2,1H3. The molecule has 0 spiro atoms. The third kappa shape index (κ3) is 5.48. The van der Waals surface area contributed by atoms with Gasteiger partial charge in [0.25, 0.3) is 0 Å². The predicted octanol–water partition coefficient (Wildman–Crippen LogP) is 1.73. The Morgan fingerprint density at radius 3 is 2.74 bits per heavy atom. The highest BCUT2D eigenvalue weighted by atomic mass is 79.9. The first kappa shape index (κ1) is 15.8. The van der Waals surface area contributed by atoms with Crippen LogP contribution < -0.4 is 10.5 Å². The lowest BCUT2D eigenvalue weighted by atomic mass is 10.3. The normalized spacial score (nSPS) is 11.1. The van der Waals surface area contributed by atoms with Crippen LogP contribution in [0.25, 0.3) is 0 Å². The average Bonchev–Trinajstić information content (AvgIpc) is 2.33. The van der Waals surface area contributed by atoms with Crippen molar-refractivity contribution >= 4 is 43.3 Å². The van der Waals surface area contributed by atoms with E-state index in [2.05, 4.69) is 25.4 Å². The second-order valence-electron chi connectivity index (χ2n) is 3.84. The average molecular weight is 351 g/mol. The van der Waals surface area contributed by atoms with E-state index < -0.39 is 16.0 Å². The molecule has 1 aromatic rings. The number of esters is 1. The maximum Gasteiger partial charge on any atom is 0.305 e. The van der Waals surface area contributed by atoms with Crippen LogP contribution in [0, 0.1) is 0 Å². The van der Waals surface area contributed by atoms with E-state index in [1.165, 1.54) is 7.11 Å². The van der Waals surface area contributed by atoms with Gasteiger partial charge in [-0.15, -0.1) is 0 Å². The first-order valence-electron chi connectivity index (χ1n) is 5.46. The molecule has 8 heteroatoms. The number of anilines is 2. The van der Waals surface area contributed by atoms with Crippen LogP contribution in [0.15, 0.2) is 22.7 Å². The molecule has 0 atom stereocenters. The van der Waals surface area contributed by atoms with Gasteiger partial charge in [0, 0.05) is 22.3 Å². The molecule has 0 heterocycles. The lowest BCUT2D eigenvalue weighted by Crippen LogP contribution is -2.17. The number of nitrogen functional groups attached to an aromatic ring is 1. The number of benzene rings is 1. The Balaban J connectivity index is 2.59. The number of hydrogen-bond acceptors (Lipinski definition) is 5. The van der Waals surface area contributed by atoms with Crippen LogP contribution in [0.3, 0.4) is 0 Å². The largest absolute Gasteiger partial charge is 0.469 e. The molecule has 0 saturated heterocycles. The molecule has 1 rings (SSSR count). The van der Waals surface area contributed by atoms with Gasteiger partial charge in [0.2, 0.25) is 10.0 Å². The monoisotopic (exact) mass is 350 g/mol. The molecule has 106 valence electrons. The third-order valence-electron chi connectivity index (χ3n) is 2.30. The number of carbonyl (C=O) groups excluding carboxylic acids is 1. The van der Waals surface area contributed by atoms with Gasteiger partial charge in [0.05, 0.1) is 12.9 Å². The molecule has 0 aromatic heterocycles. The van der Waals surface area contributed by atoms with E-state index in [1.807, 2.05) is 0 Å². The molecule has 0 saturated carbocycles. The summed E-state index contributed by atoms with van der Waals surface area (Å²) in [5.74, 6) is -0.574. The van der Waals surface area contributed by atoms with Gasteiger partial charge in [-0.1, -0.05) is 0 Å². The van der Waals surface area contributed by atoms with E-state index in [1.54, 1.807) is 18.2 Å². The molecule has 0 bridgehead atoms. The van der Waals surface area contributed by atoms with Crippen molar-refractivity contribution in [3.63, 3.8) is 0 Å². The molecule has 0 radical (unpaired) electrons. The third-order valence-corrected chi connectivity index (χ3v) is 4.36. The smallest absolute Gasteiger partial charge is 0.305 e. The number of carbonyl (C=O) groups is 1. The fourth-order valence-electron chi connectivity index (χ4n) is 1.33. The maximum atomic E-state index is 11.8. The van der Waals surface area contributed by atoms with Crippen LogP contribution >= 0.6 is 15.9 Å². The minimum atomic E-state index is -3.49. The molecular formula is C11H15BrN2O4S. The molecule has 0 unspecified atom stereocenters. The Bertz CT molecular complexity index is 560. The maximum absolute atomic E-state index is 11.8. The molecule has 19 heavy (non-hydrogen) atoms. The molecule has 6 nitrogen and oxygen atoms in total. The van der Waals surface area contributed by atoms with E-state index in [0.29, 0.717) is 15.8 Å². The number of hydrogen-bond donors (Lipinski definition) is 2. The fourth-order valence-corrected chi connectivity index (χ4v) is 2.82. The van der Waals surface area contributed by atoms with Gasteiger partial charge in [-0.05, 0) is 40.5 Å². The van der Waals surface area contributed by atoms with Gasteiger partial charge < -0.3 is 10.5 Å². The number of nitrogens with one attached hydrogen (secondary N) is 1. The first-order valence-corrected chi connectivity index (χ1v) is 7.91. The van der Waals surface area contributed by atoms with Crippen LogP contribution in [0.2, 0.25) is 0 Å². The zero-order chi connectivity index (χ0) is 14.5. The second-order valence-corrected chi connectivity index (χ2v) is 6.53. The Hall–Kier alpha value is -1.28. The zero-order valence-electron chi connectivity index (χ0n) is 10.3. The van der Waals surface area contributed by atoms with Gasteiger partial charge in [-0.3, -0.25) is 9.52 Å². The van der Waals surface area contributed by atoms with E-state index in [0.717, 1.165) is 0 Å². The highest BCUT2D eigenvalue weighted by molar-refractivity contribution is 9.10. The highest BCUT2D eigenvalue weighted by Crippen LogP contribution is 2.23. The number of sulfonamides is 1. The number of ether oxygens (including phenoxy) is 1. The number of rotatable bonds is 6. The Morgan fingerprint density at radius 2 is 2.16 bits per heavy atom. The summed E-state index contributed by atoms with van der Waals surface area (Å²) >= 11 is 3.21. The van der Waals surface area contributed by atoms with Gasteiger partial charge in [0.1, 0.15) is 0 Å². The number of methoxy groups -OCH3 is 1. The minimum Gasteiger partial charge on any atom is -0.469 e. The van der Waals surface area contributed by atoms with Crippen molar-refractivity contribution in [2.24, 2.45) is 0 Å². The van der Waals surface area contributed by atoms with Crippen molar-refractivity contribution in [2.75, 3.05) is 23.3 Å². The van der Waals surface area contributed by atoms with Crippen LogP contribution in [0.4, 0.5) is 11.4 Å². The Morgan fingerprint density at radius 1 is 1.47 bits per heavy atom. The van der Waals surface area contributed by atoms with Crippen molar-refractivity contribution < 1.29 is 17.9 Å². The van der Waals surface area contributed by atoms with Crippen molar-refractivity contribution in [2.45, 2.75) is 12.8 Å². The van der Waals surface area contributed by atoms with Crippen molar-refractivity contribution in [3.05, 3.63) is 22.7 Å². The molecule has 1 aromatic carbocycles. The SMILES string of the molecule is COC(=O)CCCS(=O)(=O)Nc1ccc(N)c(Br)c1. The molecule has 3 N–H and O–H groups in total. The zero-order valence-corrected chi connectivity index (χ0v) is 12.8. The summed E-state index contributed by atoms with van der Waals surface area (Å²) in [4.78, 5) is 10.9. The quantitative estimate of drug-likeness (QED) is 0.601. The molecule has 0 aliphatic carbocycles. The van der Waals surface area contributed by atoms with Crippen LogP contribution in [0.1, 0.15) is 12.8 Å². The molecule has 0 amide bonds. The van der Waals surface area contributed by atoms with Crippen molar-refractivity contribution in [3.8, 4) is 0 Å². The summed E-state index contributed by atoms with van der Waals surface area (Å²) in [7, 11) is -2.22. The molecule has 0 fully saturated rings. The van der Waals surface area contributed by atoms with Crippen molar-refractivity contribution in [1.29, 1.82) is 0 Å². The second kappa shape index (κ2) is 6.76. The van der Waals surface area contributed by atoms with Gasteiger partial charge in [-0.25, -0.2) is 8.42 Å².